The van der Waals surface area contributed by atoms with Crippen LogP contribution >= 0.6 is 15.9 Å². The summed E-state index contributed by atoms with van der Waals surface area (Å²) in [5.74, 6) is 0.503. The van der Waals surface area contributed by atoms with Gasteiger partial charge in [-0.25, -0.2) is 9.79 Å². The van der Waals surface area contributed by atoms with E-state index in [1.54, 1.807) is 6.08 Å². The minimum absolute atomic E-state index is 0.221. The summed E-state index contributed by atoms with van der Waals surface area (Å²) >= 11 is 3.47. The Kier molecular flexibility index (Phi) is 6.22. The maximum Gasteiger partial charge on any atom is 0.407 e. The van der Waals surface area contributed by atoms with Gasteiger partial charge in [-0.3, -0.25) is 4.79 Å². The van der Waals surface area contributed by atoms with Crippen molar-refractivity contribution in [2.45, 2.75) is 12.8 Å². The highest BCUT2D eigenvalue weighted by Gasteiger charge is 2.19. The van der Waals surface area contributed by atoms with Gasteiger partial charge in [0.2, 0.25) is 5.91 Å². The van der Waals surface area contributed by atoms with Crippen molar-refractivity contribution in [1.82, 2.24) is 4.90 Å². The first-order chi connectivity index (χ1) is 15.0. The van der Waals surface area contributed by atoms with Crippen molar-refractivity contribution >= 4 is 50.8 Å². The highest BCUT2D eigenvalue weighted by Crippen LogP contribution is 2.26. The van der Waals surface area contributed by atoms with Crippen LogP contribution < -0.4 is 16.0 Å². The van der Waals surface area contributed by atoms with Gasteiger partial charge in [0.15, 0.2) is 0 Å². The third kappa shape index (κ3) is 5.24. The Bertz CT molecular complexity index is 1070. The van der Waals surface area contributed by atoms with E-state index < -0.39 is 6.09 Å². The van der Waals surface area contributed by atoms with Crippen LogP contribution in [-0.2, 0) is 4.79 Å². The van der Waals surface area contributed by atoms with Crippen LogP contribution in [0.15, 0.2) is 63.6 Å². The molecule has 4 rings (SSSR count). The summed E-state index contributed by atoms with van der Waals surface area (Å²) in [5.41, 5.74) is 4.33. The topological polar surface area (TPSA) is 106 Å². The van der Waals surface area contributed by atoms with Gasteiger partial charge in [-0.05, 0) is 49.2 Å². The Morgan fingerprint density at radius 2 is 1.94 bits per heavy atom. The summed E-state index contributed by atoms with van der Waals surface area (Å²) < 4.78 is 0.968. The zero-order chi connectivity index (χ0) is 21.8. The highest BCUT2D eigenvalue weighted by atomic mass is 79.9. The molecule has 31 heavy (non-hydrogen) atoms. The molecule has 160 valence electrons. The number of carbonyl (C=O) groups is 2. The van der Waals surface area contributed by atoms with Gasteiger partial charge in [-0.1, -0.05) is 27.6 Å². The molecule has 0 atom stereocenters. The molecule has 0 radical (unpaired) electrons. The second kappa shape index (κ2) is 9.22. The molecule has 0 spiro atoms. The van der Waals surface area contributed by atoms with Crippen LogP contribution in [0.4, 0.5) is 21.9 Å². The number of piperidine rings is 1. The van der Waals surface area contributed by atoms with Gasteiger partial charge in [-0.2, -0.15) is 0 Å². The molecular formula is C22H22BrN5O3. The van der Waals surface area contributed by atoms with E-state index in [1.807, 2.05) is 42.5 Å². The number of rotatable bonds is 3. The molecule has 2 aromatic carbocycles. The SMILES string of the molecule is O=C(C=C1CCN(C(=O)O)CC1)Nc1ccc2c(c1)C(Nc1cccc(Br)c1)=NCN2. The van der Waals surface area contributed by atoms with Gasteiger partial charge in [-0.15, -0.1) is 0 Å². The molecule has 2 heterocycles. The Morgan fingerprint density at radius 1 is 1.13 bits per heavy atom. The van der Waals surface area contributed by atoms with Crippen LogP contribution in [-0.4, -0.2) is 47.6 Å². The van der Waals surface area contributed by atoms with E-state index >= 15 is 0 Å². The lowest BCUT2D eigenvalue weighted by molar-refractivity contribution is -0.112. The van der Waals surface area contributed by atoms with E-state index in [-0.39, 0.29) is 5.91 Å². The molecule has 9 heteroatoms. The van der Waals surface area contributed by atoms with Crippen molar-refractivity contribution in [3.8, 4) is 0 Å². The molecule has 8 nitrogen and oxygen atoms in total. The Labute approximate surface area is 188 Å². The third-order valence-corrected chi connectivity index (χ3v) is 5.64. The predicted octanol–water partition coefficient (Wildman–Crippen LogP) is 4.33. The number of amides is 2. The Morgan fingerprint density at radius 3 is 2.68 bits per heavy atom. The summed E-state index contributed by atoms with van der Waals surface area (Å²) in [5, 5.41) is 18.5. The number of carbonyl (C=O) groups excluding carboxylic acids is 1. The fourth-order valence-electron chi connectivity index (χ4n) is 3.56. The lowest BCUT2D eigenvalue weighted by Gasteiger charge is -2.25. The number of carboxylic acid groups (broad SMARTS) is 1. The standard InChI is InChI=1S/C22H22BrN5O3/c23-15-2-1-3-16(11-15)27-21-18-12-17(4-5-19(18)24-13-25-21)26-20(29)10-14-6-8-28(9-7-14)22(30)31/h1-5,10-12,24H,6-9,13H2,(H,25,27)(H,26,29)(H,30,31). The molecule has 2 aliphatic rings. The van der Waals surface area contributed by atoms with Crippen LogP contribution in [0.25, 0.3) is 0 Å². The first kappa shape index (κ1) is 20.9. The zero-order valence-corrected chi connectivity index (χ0v) is 18.3. The Balaban J connectivity index is 1.45. The molecule has 1 fully saturated rings. The Hall–Kier alpha value is -3.33. The van der Waals surface area contributed by atoms with E-state index in [1.165, 1.54) is 4.90 Å². The molecule has 0 saturated carbocycles. The van der Waals surface area contributed by atoms with E-state index in [0.29, 0.717) is 38.3 Å². The number of likely N-dealkylation sites (tertiary alicyclic amines) is 1. The number of aliphatic imine (C=N–C) groups is 1. The fourth-order valence-corrected chi connectivity index (χ4v) is 3.96. The van der Waals surface area contributed by atoms with Crippen molar-refractivity contribution in [3.05, 3.63) is 64.1 Å². The molecule has 0 aliphatic carbocycles. The van der Waals surface area contributed by atoms with Gasteiger partial charge in [0.05, 0.1) is 0 Å². The maximum absolute atomic E-state index is 12.5. The van der Waals surface area contributed by atoms with E-state index in [4.69, 9.17) is 5.11 Å². The summed E-state index contributed by atoms with van der Waals surface area (Å²) in [4.78, 5) is 29.4. The maximum atomic E-state index is 12.5. The number of nitrogens with zero attached hydrogens (tertiary/aromatic N) is 2. The van der Waals surface area contributed by atoms with Crippen molar-refractivity contribution in [2.24, 2.45) is 4.99 Å². The lowest BCUT2D eigenvalue weighted by Crippen LogP contribution is -2.35. The zero-order valence-electron chi connectivity index (χ0n) is 16.7. The van der Waals surface area contributed by atoms with Crippen LogP contribution in [0, 0.1) is 0 Å². The quantitative estimate of drug-likeness (QED) is 0.486. The van der Waals surface area contributed by atoms with Gasteiger partial charge >= 0.3 is 6.09 Å². The number of fused-ring (bicyclic) bond motifs is 1. The molecule has 0 unspecified atom stereocenters. The molecular weight excluding hydrogens is 462 g/mol. The minimum atomic E-state index is -0.917. The number of benzene rings is 2. The fraction of sp³-hybridized carbons (Fsp3) is 0.227. The third-order valence-electron chi connectivity index (χ3n) is 5.15. The second-order valence-corrected chi connectivity index (χ2v) is 8.21. The van der Waals surface area contributed by atoms with Crippen LogP contribution in [0.1, 0.15) is 18.4 Å². The molecule has 2 aromatic rings. The van der Waals surface area contributed by atoms with Gasteiger partial charge in [0, 0.05) is 46.3 Å². The number of anilines is 3. The summed E-state index contributed by atoms with van der Waals surface area (Å²) in [6.07, 6.45) is 1.80. The monoisotopic (exact) mass is 483 g/mol. The minimum Gasteiger partial charge on any atom is -0.465 e. The van der Waals surface area contributed by atoms with Crippen molar-refractivity contribution in [1.29, 1.82) is 0 Å². The first-order valence-corrected chi connectivity index (χ1v) is 10.7. The average Bonchev–Trinajstić information content (AvgIpc) is 2.74. The van der Waals surface area contributed by atoms with Crippen molar-refractivity contribution in [2.75, 3.05) is 35.7 Å². The van der Waals surface area contributed by atoms with Crippen LogP contribution in [0.2, 0.25) is 0 Å². The smallest absolute Gasteiger partial charge is 0.407 e. The number of nitrogens with one attached hydrogen (secondary N) is 3. The van der Waals surface area contributed by atoms with Gasteiger partial charge < -0.3 is 26.0 Å². The summed E-state index contributed by atoms with van der Waals surface area (Å²) in [6, 6.07) is 13.5. The molecule has 2 amide bonds. The van der Waals surface area contributed by atoms with Crippen molar-refractivity contribution < 1.29 is 14.7 Å². The van der Waals surface area contributed by atoms with E-state index in [2.05, 4.69) is 36.9 Å². The van der Waals surface area contributed by atoms with Gasteiger partial charge in [0.25, 0.3) is 0 Å². The van der Waals surface area contributed by atoms with E-state index in [9.17, 15) is 9.59 Å². The lowest BCUT2D eigenvalue weighted by atomic mass is 10.0. The molecule has 2 aliphatic heterocycles. The highest BCUT2D eigenvalue weighted by molar-refractivity contribution is 9.10. The normalized spacial score (nSPS) is 15.3. The van der Waals surface area contributed by atoms with Gasteiger partial charge in [0.1, 0.15) is 12.5 Å². The van der Waals surface area contributed by atoms with Crippen LogP contribution in [0.5, 0.6) is 0 Å². The van der Waals surface area contributed by atoms with Crippen molar-refractivity contribution in [3.63, 3.8) is 0 Å². The summed E-state index contributed by atoms with van der Waals surface area (Å²) in [7, 11) is 0. The first-order valence-electron chi connectivity index (χ1n) is 9.91. The largest absolute Gasteiger partial charge is 0.465 e. The molecule has 4 N–H and O–H groups in total. The number of amidine groups is 1. The predicted molar refractivity (Wildman–Crippen MR) is 125 cm³/mol. The summed E-state index contributed by atoms with van der Waals surface area (Å²) in [6.45, 7) is 1.30. The van der Waals surface area contributed by atoms with Crippen LogP contribution in [0.3, 0.4) is 0 Å². The molecule has 0 bridgehead atoms. The number of hydrogen-bond donors (Lipinski definition) is 4. The second-order valence-electron chi connectivity index (χ2n) is 7.30. The molecule has 0 aromatic heterocycles. The number of hydrogen-bond acceptors (Lipinski definition) is 5. The average molecular weight is 484 g/mol. The van der Waals surface area contributed by atoms with E-state index in [0.717, 1.165) is 32.8 Å². The molecule has 1 saturated heterocycles. The number of halogens is 1.